The molecule has 0 amide bonds. The largest absolute Gasteiger partial charge is 0.507 e. The molecule has 23 heavy (non-hydrogen) atoms. The molecule has 0 aliphatic heterocycles. The third-order valence-corrected chi connectivity index (χ3v) is 5.03. The predicted octanol–water partition coefficient (Wildman–Crippen LogP) is 2.29. The molecule has 1 aromatic carbocycles. The van der Waals surface area contributed by atoms with Crippen molar-refractivity contribution in [3.63, 3.8) is 0 Å². The number of allylic oxidation sites excluding steroid dienone is 2. The van der Waals surface area contributed by atoms with Crippen LogP contribution in [0.5, 0.6) is 5.75 Å². The average Bonchev–Trinajstić information content (AvgIpc) is 2.51. The number of benzene rings is 1. The van der Waals surface area contributed by atoms with E-state index in [0.29, 0.717) is 12.0 Å². The Morgan fingerprint density at radius 1 is 1.09 bits per heavy atom. The molecule has 0 radical (unpaired) electrons. The van der Waals surface area contributed by atoms with Gasteiger partial charge in [-0.05, 0) is 62.0 Å². The Morgan fingerprint density at radius 2 is 1.74 bits per heavy atom. The molecule has 4 heteroatoms. The Morgan fingerprint density at radius 3 is 2.30 bits per heavy atom. The molecule has 2 atom stereocenters. The van der Waals surface area contributed by atoms with Crippen LogP contribution in [0.2, 0.25) is 0 Å². The lowest BCUT2D eigenvalue weighted by atomic mass is 9.80. The zero-order chi connectivity index (χ0) is 17.3. The van der Waals surface area contributed by atoms with Gasteiger partial charge in [-0.25, -0.2) is 0 Å². The third-order valence-electron chi connectivity index (χ3n) is 5.03. The number of rotatable bonds is 4. The summed E-state index contributed by atoms with van der Waals surface area (Å²) in [5.74, 6) is -0.121. The van der Waals surface area contributed by atoms with Gasteiger partial charge in [-0.1, -0.05) is 17.7 Å². The van der Waals surface area contributed by atoms with Gasteiger partial charge in [-0.2, -0.15) is 0 Å². The van der Waals surface area contributed by atoms with Crippen molar-refractivity contribution in [2.45, 2.75) is 46.8 Å². The van der Waals surface area contributed by atoms with E-state index in [4.69, 9.17) is 0 Å². The second kappa shape index (κ2) is 6.87. The highest BCUT2D eigenvalue weighted by molar-refractivity contribution is 5.51. The molecule has 2 rings (SSSR count). The highest BCUT2D eigenvalue weighted by Crippen LogP contribution is 2.34. The third kappa shape index (κ3) is 3.20. The van der Waals surface area contributed by atoms with Crippen molar-refractivity contribution in [1.29, 1.82) is 0 Å². The molecule has 1 aliphatic rings. The molecule has 0 aromatic heterocycles. The van der Waals surface area contributed by atoms with Gasteiger partial charge >= 0.3 is 0 Å². The molecular formula is C19H26O4. The highest BCUT2D eigenvalue weighted by Gasteiger charge is 2.27. The van der Waals surface area contributed by atoms with E-state index >= 15 is 0 Å². The fraction of sp³-hybridized carbons (Fsp3) is 0.474. The first-order valence-corrected chi connectivity index (χ1v) is 7.90. The van der Waals surface area contributed by atoms with Crippen molar-refractivity contribution in [2.24, 2.45) is 5.92 Å². The Bertz CT molecular complexity index is 670. The van der Waals surface area contributed by atoms with Gasteiger partial charge in [-0.15, -0.1) is 0 Å². The predicted molar refractivity (Wildman–Crippen MR) is 90.2 cm³/mol. The van der Waals surface area contributed by atoms with Gasteiger partial charge in [0.1, 0.15) is 5.75 Å². The van der Waals surface area contributed by atoms with Gasteiger partial charge in [0.15, 0.2) is 0 Å². The van der Waals surface area contributed by atoms with Crippen LogP contribution in [-0.2, 0) is 13.0 Å². The van der Waals surface area contributed by atoms with E-state index in [-0.39, 0.29) is 24.9 Å². The van der Waals surface area contributed by atoms with Gasteiger partial charge in [0.25, 0.3) is 0 Å². The summed E-state index contributed by atoms with van der Waals surface area (Å²) in [5, 5.41) is 39.3. The number of aliphatic hydroxyl groups excluding tert-OH is 3. The molecule has 1 aromatic rings. The van der Waals surface area contributed by atoms with Gasteiger partial charge < -0.3 is 20.4 Å². The minimum absolute atomic E-state index is 0.0862. The summed E-state index contributed by atoms with van der Waals surface area (Å²) in [6.45, 7) is 7.24. The van der Waals surface area contributed by atoms with Crippen molar-refractivity contribution in [3.05, 3.63) is 51.1 Å². The summed E-state index contributed by atoms with van der Waals surface area (Å²) in [6.07, 6.45) is 1.98. The summed E-state index contributed by atoms with van der Waals surface area (Å²) in [4.78, 5) is 0. The number of aryl methyl sites for hydroxylation is 1. The van der Waals surface area contributed by atoms with Gasteiger partial charge in [0.2, 0.25) is 0 Å². The normalized spacial score (nSPS) is 21.6. The van der Waals surface area contributed by atoms with Crippen molar-refractivity contribution >= 4 is 0 Å². The fourth-order valence-electron chi connectivity index (χ4n) is 3.32. The number of aromatic hydroxyl groups is 1. The van der Waals surface area contributed by atoms with Crippen LogP contribution >= 0.6 is 0 Å². The topological polar surface area (TPSA) is 80.9 Å². The molecule has 0 saturated heterocycles. The SMILES string of the molecule is CC1=CC(Cc2cc(C)c(O)c(CO)c2C)=C(C)C(CO)C1O. The van der Waals surface area contributed by atoms with Crippen molar-refractivity contribution in [3.8, 4) is 5.75 Å². The van der Waals surface area contributed by atoms with Crippen LogP contribution in [0.3, 0.4) is 0 Å². The molecule has 0 heterocycles. The summed E-state index contributed by atoms with van der Waals surface area (Å²) in [5.41, 5.74) is 6.13. The Balaban J connectivity index is 2.47. The molecule has 126 valence electrons. The minimum atomic E-state index is -0.639. The van der Waals surface area contributed by atoms with Crippen LogP contribution in [0.4, 0.5) is 0 Å². The van der Waals surface area contributed by atoms with Crippen LogP contribution in [0.25, 0.3) is 0 Å². The fourth-order valence-corrected chi connectivity index (χ4v) is 3.32. The maximum Gasteiger partial charge on any atom is 0.124 e. The smallest absolute Gasteiger partial charge is 0.124 e. The number of hydrogen-bond acceptors (Lipinski definition) is 4. The van der Waals surface area contributed by atoms with Gasteiger partial charge in [0, 0.05) is 11.5 Å². The summed E-state index contributed by atoms with van der Waals surface area (Å²) < 4.78 is 0. The lowest BCUT2D eigenvalue weighted by Crippen LogP contribution is -2.29. The summed E-state index contributed by atoms with van der Waals surface area (Å²) >= 11 is 0. The first kappa shape index (κ1) is 17.7. The maximum atomic E-state index is 10.2. The molecule has 0 fully saturated rings. The summed E-state index contributed by atoms with van der Waals surface area (Å²) in [7, 11) is 0. The van der Waals surface area contributed by atoms with E-state index in [2.05, 4.69) is 0 Å². The molecule has 4 nitrogen and oxygen atoms in total. The standard InChI is InChI=1S/C19H26O4/c1-10-5-14(12(3)16(8-20)18(10)22)7-15-6-11(2)19(23)17(9-21)13(15)4/h5-6,16,18,20-23H,7-9H2,1-4H3. The van der Waals surface area contributed by atoms with Crippen molar-refractivity contribution in [1.82, 2.24) is 0 Å². The quantitative estimate of drug-likeness (QED) is 0.687. The zero-order valence-corrected chi connectivity index (χ0v) is 14.2. The second-order valence-electron chi connectivity index (χ2n) is 6.47. The molecule has 1 aliphatic carbocycles. The van der Waals surface area contributed by atoms with Crippen molar-refractivity contribution in [2.75, 3.05) is 6.61 Å². The Hall–Kier alpha value is -1.62. The minimum Gasteiger partial charge on any atom is -0.507 e. The van der Waals surface area contributed by atoms with Crippen LogP contribution in [0.1, 0.15) is 36.1 Å². The first-order chi connectivity index (χ1) is 10.8. The monoisotopic (exact) mass is 318 g/mol. The average molecular weight is 318 g/mol. The van der Waals surface area contributed by atoms with E-state index in [9.17, 15) is 20.4 Å². The molecule has 0 saturated carbocycles. The zero-order valence-electron chi connectivity index (χ0n) is 14.2. The first-order valence-electron chi connectivity index (χ1n) is 7.90. The van der Waals surface area contributed by atoms with E-state index in [1.54, 1.807) is 0 Å². The van der Waals surface area contributed by atoms with Gasteiger partial charge in [-0.3, -0.25) is 0 Å². The molecule has 2 unspecified atom stereocenters. The number of phenols is 1. The number of hydrogen-bond donors (Lipinski definition) is 4. The molecular weight excluding hydrogens is 292 g/mol. The Kier molecular flexibility index (Phi) is 5.30. The Labute approximate surface area is 137 Å². The van der Waals surface area contributed by atoms with E-state index < -0.39 is 6.10 Å². The van der Waals surface area contributed by atoms with E-state index in [1.807, 2.05) is 39.8 Å². The number of aliphatic hydroxyl groups is 3. The van der Waals surface area contributed by atoms with Crippen LogP contribution < -0.4 is 0 Å². The maximum absolute atomic E-state index is 10.2. The second-order valence-corrected chi connectivity index (χ2v) is 6.47. The van der Waals surface area contributed by atoms with E-state index in [0.717, 1.165) is 33.4 Å². The molecule has 4 N–H and O–H groups in total. The molecule has 0 spiro atoms. The van der Waals surface area contributed by atoms with Crippen LogP contribution in [-0.4, -0.2) is 33.1 Å². The highest BCUT2D eigenvalue weighted by atomic mass is 16.3. The van der Waals surface area contributed by atoms with Crippen molar-refractivity contribution < 1.29 is 20.4 Å². The van der Waals surface area contributed by atoms with E-state index in [1.165, 1.54) is 0 Å². The lowest BCUT2D eigenvalue weighted by Gasteiger charge is -2.29. The van der Waals surface area contributed by atoms with Crippen LogP contribution in [0, 0.1) is 19.8 Å². The van der Waals surface area contributed by atoms with Gasteiger partial charge in [0.05, 0.1) is 19.3 Å². The molecule has 0 bridgehead atoms. The summed E-state index contributed by atoms with van der Waals surface area (Å²) in [6, 6.07) is 1.94. The van der Waals surface area contributed by atoms with Crippen LogP contribution in [0.15, 0.2) is 28.9 Å². The lowest BCUT2D eigenvalue weighted by molar-refractivity contribution is 0.109.